The summed E-state index contributed by atoms with van der Waals surface area (Å²) in [5, 5.41) is 23.5. The Bertz CT molecular complexity index is 816. The second-order valence-electron chi connectivity index (χ2n) is 8.30. The SMILES string of the molecule is C[C@@H](O)[C@H]1C(=O)N2C(C(=O)O)=C(S[C@@H]3CN[C@@H](CCCn4ccnc4)C3)[C@H](C)[C@H]12.Cl. The van der Waals surface area contributed by atoms with E-state index in [2.05, 4.69) is 14.9 Å². The van der Waals surface area contributed by atoms with Crippen molar-refractivity contribution >= 4 is 36.0 Å². The van der Waals surface area contributed by atoms with E-state index in [1.807, 2.05) is 19.4 Å². The van der Waals surface area contributed by atoms with Crippen LogP contribution in [0.5, 0.6) is 0 Å². The minimum absolute atomic E-state index is 0. The molecule has 2 saturated heterocycles. The summed E-state index contributed by atoms with van der Waals surface area (Å²) in [7, 11) is 0. The summed E-state index contributed by atoms with van der Waals surface area (Å²) in [5.41, 5.74) is 0.123. The van der Waals surface area contributed by atoms with E-state index in [1.54, 1.807) is 24.9 Å². The zero-order valence-electron chi connectivity index (χ0n) is 17.1. The van der Waals surface area contributed by atoms with Gasteiger partial charge < -0.3 is 25.0 Å². The number of rotatable bonds is 8. The van der Waals surface area contributed by atoms with Crippen molar-refractivity contribution in [1.82, 2.24) is 19.8 Å². The number of hydrogen-bond donors (Lipinski definition) is 3. The molecule has 3 N–H and O–H groups in total. The Balaban J connectivity index is 0.00000256. The third-order valence-electron chi connectivity index (χ3n) is 6.31. The molecule has 1 aromatic heterocycles. The second kappa shape index (κ2) is 9.30. The Labute approximate surface area is 186 Å². The van der Waals surface area contributed by atoms with Crippen molar-refractivity contribution in [2.45, 2.75) is 63.1 Å². The van der Waals surface area contributed by atoms with Crippen LogP contribution < -0.4 is 5.32 Å². The van der Waals surface area contributed by atoms with Gasteiger partial charge in [0.1, 0.15) is 5.70 Å². The lowest BCUT2D eigenvalue weighted by molar-refractivity contribution is -0.163. The first kappa shape index (κ1) is 23.1. The van der Waals surface area contributed by atoms with Crippen LogP contribution in [0.25, 0.3) is 0 Å². The number of imidazole rings is 1. The van der Waals surface area contributed by atoms with Gasteiger partial charge in [-0.1, -0.05) is 6.92 Å². The minimum Gasteiger partial charge on any atom is -0.477 e. The summed E-state index contributed by atoms with van der Waals surface area (Å²) < 4.78 is 2.07. The van der Waals surface area contributed by atoms with Crippen molar-refractivity contribution in [2.75, 3.05) is 6.54 Å². The van der Waals surface area contributed by atoms with Crippen molar-refractivity contribution in [2.24, 2.45) is 11.8 Å². The van der Waals surface area contributed by atoms with E-state index >= 15 is 0 Å². The van der Waals surface area contributed by atoms with Crippen molar-refractivity contribution < 1.29 is 19.8 Å². The number of nitrogens with one attached hydrogen (secondary N) is 1. The van der Waals surface area contributed by atoms with Crippen LogP contribution in [0.3, 0.4) is 0 Å². The zero-order chi connectivity index (χ0) is 20.7. The molecule has 0 bridgehead atoms. The van der Waals surface area contributed by atoms with E-state index < -0.39 is 18.0 Å². The molecule has 2 fully saturated rings. The first-order valence-electron chi connectivity index (χ1n) is 10.2. The zero-order valence-corrected chi connectivity index (χ0v) is 18.7. The predicted octanol–water partition coefficient (Wildman–Crippen LogP) is 1.70. The van der Waals surface area contributed by atoms with E-state index in [4.69, 9.17) is 0 Å². The van der Waals surface area contributed by atoms with Crippen LogP contribution >= 0.6 is 24.2 Å². The molecule has 30 heavy (non-hydrogen) atoms. The summed E-state index contributed by atoms with van der Waals surface area (Å²) in [6, 6.07) is 0.182. The molecule has 1 amide bonds. The average molecular weight is 457 g/mol. The van der Waals surface area contributed by atoms with Gasteiger partial charge in [-0.15, -0.1) is 24.2 Å². The second-order valence-corrected chi connectivity index (χ2v) is 9.64. The van der Waals surface area contributed by atoms with E-state index in [1.165, 1.54) is 4.90 Å². The van der Waals surface area contributed by atoms with E-state index in [9.17, 15) is 19.8 Å². The van der Waals surface area contributed by atoms with Crippen molar-refractivity contribution in [3.8, 4) is 0 Å². The number of aliphatic carboxylic acids is 1. The Morgan fingerprint density at radius 2 is 2.23 bits per heavy atom. The largest absolute Gasteiger partial charge is 0.477 e. The number of carboxylic acid groups (broad SMARTS) is 1. The van der Waals surface area contributed by atoms with Gasteiger partial charge in [-0.05, 0) is 26.2 Å². The van der Waals surface area contributed by atoms with Crippen LogP contribution in [-0.2, 0) is 16.1 Å². The highest BCUT2D eigenvalue weighted by Crippen LogP contribution is 2.51. The summed E-state index contributed by atoms with van der Waals surface area (Å²) in [5.74, 6) is -1.90. The fourth-order valence-electron chi connectivity index (χ4n) is 4.89. The van der Waals surface area contributed by atoms with Gasteiger partial charge >= 0.3 is 5.97 Å². The van der Waals surface area contributed by atoms with Crippen LogP contribution in [0.15, 0.2) is 29.3 Å². The maximum absolute atomic E-state index is 12.4. The van der Waals surface area contributed by atoms with Gasteiger partial charge in [-0.2, -0.15) is 0 Å². The third-order valence-corrected chi connectivity index (χ3v) is 7.83. The van der Waals surface area contributed by atoms with E-state index in [0.717, 1.165) is 37.3 Å². The standard InChI is InChI=1S/C20H28N4O4S.ClH/c1-11-16-15(12(2)25)19(26)24(16)17(20(27)28)18(11)29-14-8-13(22-9-14)4-3-6-23-7-5-21-10-23;/h5,7,10-16,22,25H,3-4,6,8-9H2,1-2H3,(H,27,28);1H/t11-,12-,13+,14+,15-,16-;/m1./s1. The van der Waals surface area contributed by atoms with Crippen LogP contribution in [0.4, 0.5) is 0 Å². The van der Waals surface area contributed by atoms with Gasteiger partial charge in [0.25, 0.3) is 0 Å². The normalized spacial score (nSPS) is 31.4. The number of carboxylic acids is 1. The number of aliphatic hydroxyl groups is 1. The molecule has 0 aromatic carbocycles. The summed E-state index contributed by atoms with van der Waals surface area (Å²) in [4.78, 5) is 30.6. The van der Waals surface area contributed by atoms with Crippen LogP contribution in [0, 0.1) is 11.8 Å². The molecule has 8 nitrogen and oxygen atoms in total. The number of amides is 1. The Hall–Kier alpha value is -1.55. The quantitative estimate of drug-likeness (QED) is 0.511. The number of thioether (sulfide) groups is 1. The number of halogens is 1. The Morgan fingerprint density at radius 3 is 2.87 bits per heavy atom. The molecule has 6 atom stereocenters. The molecule has 4 rings (SSSR count). The molecule has 10 heteroatoms. The molecule has 0 saturated carbocycles. The number of carbonyl (C=O) groups excluding carboxylic acids is 1. The van der Waals surface area contributed by atoms with Gasteiger partial charge in [0.15, 0.2) is 0 Å². The highest BCUT2D eigenvalue weighted by atomic mass is 35.5. The highest BCUT2D eigenvalue weighted by molar-refractivity contribution is 8.03. The summed E-state index contributed by atoms with van der Waals surface area (Å²) in [6.45, 7) is 5.36. The lowest BCUT2D eigenvalue weighted by Crippen LogP contribution is -2.63. The Kier molecular flexibility index (Phi) is 7.16. The molecule has 166 valence electrons. The van der Waals surface area contributed by atoms with Crippen molar-refractivity contribution in [1.29, 1.82) is 0 Å². The number of hydrogen-bond acceptors (Lipinski definition) is 6. The lowest BCUT2D eigenvalue weighted by Gasteiger charge is -2.46. The average Bonchev–Trinajstić information content (AvgIpc) is 3.37. The maximum atomic E-state index is 12.4. The molecule has 1 aromatic rings. The van der Waals surface area contributed by atoms with E-state index in [-0.39, 0.29) is 36.0 Å². The van der Waals surface area contributed by atoms with Gasteiger partial charge in [0.05, 0.1) is 24.4 Å². The summed E-state index contributed by atoms with van der Waals surface area (Å²) >= 11 is 1.60. The first-order chi connectivity index (χ1) is 13.9. The van der Waals surface area contributed by atoms with Crippen LogP contribution in [0.2, 0.25) is 0 Å². The number of fused-ring (bicyclic) bond motifs is 1. The molecule has 0 unspecified atom stereocenters. The van der Waals surface area contributed by atoms with Crippen molar-refractivity contribution in [3.63, 3.8) is 0 Å². The van der Waals surface area contributed by atoms with E-state index in [0.29, 0.717) is 11.3 Å². The van der Waals surface area contributed by atoms with Crippen LogP contribution in [-0.4, -0.2) is 66.5 Å². The molecule has 0 radical (unpaired) electrons. The number of carbonyl (C=O) groups is 2. The molecule has 0 aliphatic carbocycles. The number of β-lactam (4-membered cyclic amide) rings is 1. The van der Waals surface area contributed by atoms with Gasteiger partial charge in [-0.25, -0.2) is 9.78 Å². The monoisotopic (exact) mass is 456 g/mol. The lowest BCUT2D eigenvalue weighted by atomic mass is 9.79. The highest BCUT2D eigenvalue weighted by Gasteiger charge is 2.60. The fraction of sp³-hybridized carbons (Fsp3) is 0.650. The smallest absolute Gasteiger partial charge is 0.353 e. The number of aryl methyl sites for hydroxylation is 1. The predicted molar refractivity (Wildman–Crippen MR) is 116 cm³/mol. The fourth-order valence-corrected chi connectivity index (χ4v) is 6.41. The maximum Gasteiger partial charge on any atom is 0.353 e. The molecule has 3 aliphatic rings. The van der Waals surface area contributed by atoms with Crippen molar-refractivity contribution in [3.05, 3.63) is 29.3 Å². The third kappa shape index (κ3) is 4.12. The number of aromatic nitrogens is 2. The molecular formula is C20H29ClN4O4S. The van der Waals surface area contributed by atoms with Gasteiger partial charge in [0.2, 0.25) is 5.91 Å². The topological polar surface area (TPSA) is 108 Å². The van der Waals surface area contributed by atoms with Gasteiger partial charge in [0, 0.05) is 47.6 Å². The summed E-state index contributed by atoms with van der Waals surface area (Å²) in [6.07, 6.45) is 7.92. The molecule has 3 aliphatic heterocycles. The van der Waals surface area contributed by atoms with Crippen LogP contribution in [0.1, 0.15) is 33.1 Å². The number of aliphatic hydroxyl groups excluding tert-OH is 1. The van der Waals surface area contributed by atoms with Gasteiger partial charge in [-0.3, -0.25) is 4.79 Å². The molecule has 0 spiro atoms. The first-order valence-corrected chi connectivity index (χ1v) is 11.1. The number of nitrogens with zero attached hydrogens (tertiary/aromatic N) is 3. The minimum atomic E-state index is -1.05. The Morgan fingerprint density at radius 1 is 1.47 bits per heavy atom. The molecule has 4 heterocycles. The molecular weight excluding hydrogens is 428 g/mol.